The molecule has 2 saturated heterocycles. The standard InChI is InChI=1S/C18H23N3O2/c22-18(14-6-11-23-12-7-14)20-9-2-3-15(13-20)16-4-1-5-17-19-8-10-21(16)17/h1,4-5,8,10,14-15H,2-3,6-7,9,11-13H2/t15-/m0/s1. The van der Waals surface area contributed by atoms with Crippen LogP contribution in [-0.4, -0.2) is 46.5 Å². The van der Waals surface area contributed by atoms with Crippen LogP contribution in [0.25, 0.3) is 5.65 Å². The Bertz CT molecular complexity index is 690. The van der Waals surface area contributed by atoms with Crippen molar-refractivity contribution in [2.75, 3.05) is 26.3 Å². The lowest BCUT2D eigenvalue weighted by Crippen LogP contribution is -2.43. The van der Waals surface area contributed by atoms with Gasteiger partial charge >= 0.3 is 0 Å². The molecule has 2 aromatic heterocycles. The zero-order valence-electron chi connectivity index (χ0n) is 13.4. The van der Waals surface area contributed by atoms with Gasteiger partial charge in [0.15, 0.2) is 0 Å². The molecular weight excluding hydrogens is 290 g/mol. The highest BCUT2D eigenvalue weighted by Gasteiger charge is 2.31. The monoisotopic (exact) mass is 313 g/mol. The molecule has 0 unspecified atom stereocenters. The van der Waals surface area contributed by atoms with Crippen molar-refractivity contribution in [1.29, 1.82) is 0 Å². The number of hydrogen-bond donors (Lipinski definition) is 0. The van der Waals surface area contributed by atoms with Gasteiger partial charge in [-0.3, -0.25) is 4.79 Å². The Morgan fingerprint density at radius 1 is 1.22 bits per heavy atom. The molecule has 4 rings (SSSR count). The number of aromatic nitrogens is 2. The maximum Gasteiger partial charge on any atom is 0.225 e. The van der Waals surface area contributed by atoms with Crippen molar-refractivity contribution >= 4 is 11.6 Å². The Kier molecular flexibility index (Phi) is 4.04. The summed E-state index contributed by atoms with van der Waals surface area (Å²) in [5, 5.41) is 0. The molecule has 5 nitrogen and oxygen atoms in total. The van der Waals surface area contributed by atoms with Gasteiger partial charge in [0, 0.05) is 56.2 Å². The lowest BCUT2D eigenvalue weighted by molar-refractivity contribution is -0.139. The molecule has 2 aliphatic heterocycles. The molecule has 5 heteroatoms. The fourth-order valence-corrected chi connectivity index (χ4v) is 3.92. The lowest BCUT2D eigenvalue weighted by atomic mass is 9.91. The molecule has 4 heterocycles. The van der Waals surface area contributed by atoms with E-state index in [4.69, 9.17) is 4.74 Å². The van der Waals surface area contributed by atoms with Gasteiger partial charge in [-0.05, 0) is 37.8 Å². The molecule has 1 atom stereocenters. The fourth-order valence-electron chi connectivity index (χ4n) is 3.92. The molecule has 0 bridgehead atoms. The molecule has 0 aliphatic carbocycles. The first-order valence-corrected chi connectivity index (χ1v) is 8.61. The van der Waals surface area contributed by atoms with E-state index < -0.39 is 0 Å². The maximum absolute atomic E-state index is 12.8. The largest absolute Gasteiger partial charge is 0.381 e. The Hall–Kier alpha value is -1.88. The van der Waals surface area contributed by atoms with Crippen molar-refractivity contribution < 1.29 is 9.53 Å². The van der Waals surface area contributed by atoms with E-state index in [1.54, 1.807) is 0 Å². The fraction of sp³-hybridized carbons (Fsp3) is 0.556. The van der Waals surface area contributed by atoms with Gasteiger partial charge in [0.05, 0.1) is 0 Å². The quantitative estimate of drug-likeness (QED) is 0.855. The second-order valence-electron chi connectivity index (χ2n) is 6.62. The highest BCUT2D eigenvalue weighted by Crippen LogP contribution is 2.29. The van der Waals surface area contributed by atoms with Crippen LogP contribution in [0.4, 0.5) is 0 Å². The van der Waals surface area contributed by atoms with Crippen LogP contribution in [0.2, 0.25) is 0 Å². The number of rotatable bonds is 2. The third-order valence-corrected chi connectivity index (χ3v) is 5.18. The zero-order valence-corrected chi connectivity index (χ0v) is 13.4. The van der Waals surface area contributed by atoms with Gasteiger partial charge in [0.1, 0.15) is 5.65 Å². The number of imidazole rings is 1. The first-order valence-electron chi connectivity index (χ1n) is 8.61. The van der Waals surface area contributed by atoms with E-state index in [0.717, 1.165) is 57.6 Å². The molecule has 122 valence electrons. The summed E-state index contributed by atoms with van der Waals surface area (Å²) < 4.78 is 7.55. The van der Waals surface area contributed by atoms with E-state index in [9.17, 15) is 4.79 Å². The predicted octanol–water partition coefficient (Wildman–Crippen LogP) is 2.47. The van der Waals surface area contributed by atoms with Crippen molar-refractivity contribution in [3.63, 3.8) is 0 Å². The van der Waals surface area contributed by atoms with Gasteiger partial charge in [-0.25, -0.2) is 4.98 Å². The summed E-state index contributed by atoms with van der Waals surface area (Å²) >= 11 is 0. The Morgan fingerprint density at radius 3 is 2.96 bits per heavy atom. The molecule has 0 aromatic carbocycles. The number of ether oxygens (including phenoxy) is 1. The maximum atomic E-state index is 12.8. The number of pyridine rings is 1. The third kappa shape index (κ3) is 2.85. The molecule has 1 amide bonds. The number of likely N-dealkylation sites (tertiary alicyclic amines) is 1. The van der Waals surface area contributed by atoms with E-state index in [0.29, 0.717) is 11.8 Å². The minimum atomic E-state index is 0.159. The van der Waals surface area contributed by atoms with Crippen molar-refractivity contribution in [3.05, 3.63) is 36.3 Å². The number of amides is 1. The highest BCUT2D eigenvalue weighted by atomic mass is 16.5. The predicted molar refractivity (Wildman–Crippen MR) is 87.3 cm³/mol. The molecule has 23 heavy (non-hydrogen) atoms. The minimum Gasteiger partial charge on any atom is -0.381 e. The number of nitrogens with zero attached hydrogens (tertiary/aromatic N) is 3. The number of fused-ring (bicyclic) bond motifs is 1. The number of hydrogen-bond acceptors (Lipinski definition) is 3. The van der Waals surface area contributed by atoms with Crippen molar-refractivity contribution in [3.8, 4) is 0 Å². The molecule has 0 N–H and O–H groups in total. The topological polar surface area (TPSA) is 46.8 Å². The summed E-state index contributed by atoms with van der Waals surface area (Å²) in [5.41, 5.74) is 2.25. The second-order valence-corrected chi connectivity index (χ2v) is 6.62. The molecule has 2 aromatic rings. The summed E-state index contributed by atoms with van der Waals surface area (Å²) in [4.78, 5) is 19.2. The van der Waals surface area contributed by atoms with Gasteiger partial charge in [0.25, 0.3) is 0 Å². The van der Waals surface area contributed by atoms with Crippen LogP contribution in [0, 0.1) is 5.92 Å². The first kappa shape index (κ1) is 14.7. The highest BCUT2D eigenvalue weighted by molar-refractivity contribution is 5.79. The van der Waals surface area contributed by atoms with Crippen molar-refractivity contribution in [1.82, 2.24) is 14.3 Å². The van der Waals surface area contributed by atoms with Gasteiger partial charge in [0.2, 0.25) is 5.91 Å². The third-order valence-electron chi connectivity index (χ3n) is 5.18. The van der Waals surface area contributed by atoms with Gasteiger partial charge in [-0.1, -0.05) is 6.07 Å². The molecule has 0 saturated carbocycles. The first-order chi connectivity index (χ1) is 11.3. The van der Waals surface area contributed by atoms with Gasteiger partial charge in [-0.15, -0.1) is 0 Å². The van der Waals surface area contributed by atoms with E-state index in [-0.39, 0.29) is 5.92 Å². The smallest absolute Gasteiger partial charge is 0.225 e. The molecule has 0 spiro atoms. The Morgan fingerprint density at radius 2 is 2.09 bits per heavy atom. The van der Waals surface area contributed by atoms with E-state index in [1.807, 2.05) is 18.5 Å². The van der Waals surface area contributed by atoms with Crippen LogP contribution in [0.15, 0.2) is 30.6 Å². The molecular formula is C18H23N3O2. The molecule has 2 aliphatic rings. The van der Waals surface area contributed by atoms with Crippen molar-refractivity contribution in [2.24, 2.45) is 5.92 Å². The molecule has 2 fully saturated rings. The molecule has 0 radical (unpaired) electrons. The summed E-state index contributed by atoms with van der Waals surface area (Å²) in [6.07, 6.45) is 7.81. The van der Waals surface area contributed by atoms with E-state index >= 15 is 0 Å². The minimum absolute atomic E-state index is 0.159. The Labute approximate surface area is 136 Å². The summed E-state index contributed by atoms with van der Waals surface area (Å²) in [7, 11) is 0. The number of carbonyl (C=O) groups excluding carboxylic acids is 1. The van der Waals surface area contributed by atoms with Crippen LogP contribution < -0.4 is 0 Å². The zero-order chi connectivity index (χ0) is 15.6. The normalized spacial score (nSPS) is 23.3. The van der Waals surface area contributed by atoms with Crippen LogP contribution in [0.1, 0.15) is 37.3 Å². The summed E-state index contributed by atoms with van der Waals surface area (Å²) in [5.74, 6) is 0.882. The second kappa shape index (κ2) is 6.32. The van der Waals surface area contributed by atoms with Crippen LogP contribution in [0.3, 0.4) is 0 Å². The van der Waals surface area contributed by atoms with Crippen LogP contribution in [-0.2, 0) is 9.53 Å². The van der Waals surface area contributed by atoms with E-state index in [1.165, 1.54) is 5.69 Å². The average Bonchev–Trinajstić information content (AvgIpc) is 3.10. The summed E-state index contributed by atoms with van der Waals surface area (Å²) in [6.45, 7) is 3.17. The van der Waals surface area contributed by atoms with Gasteiger partial charge in [-0.2, -0.15) is 0 Å². The lowest BCUT2D eigenvalue weighted by Gasteiger charge is -2.36. The average molecular weight is 313 g/mol. The van der Waals surface area contributed by atoms with E-state index in [2.05, 4.69) is 26.4 Å². The van der Waals surface area contributed by atoms with Gasteiger partial charge < -0.3 is 14.0 Å². The summed E-state index contributed by atoms with van der Waals surface area (Å²) in [6, 6.07) is 6.26. The Balaban J connectivity index is 1.52. The SMILES string of the molecule is O=C(C1CCOCC1)N1CCC[C@H](c2cccc3nccn23)C1. The number of piperidine rings is 1. The van der Waals surface area contributed by atoms with Crippen LogP contribution in [0.5, 0.6) is 0 Å². The van der Waals surface area contributed by atoms with Crippen molar-refractivity contribution in [2.45, 2.75) is 31.6 Å². The van der Waals surface area contributed by atoms with Crippen LogP contribution >= 0.6 is 0 Å². The number of carbonyl (C=O) groups is 1.